The molecule has 0 atom stereocenters. The van der Waals surface area contributed by atoms with Gasteiger partial charge in [0.1, 0.15) is 5.69 Å². The Labute approximate surface area is 178 Å². The number of nitrogens with one attached hydrogen (secondary N) is 1. The summed E-state index contributed by atoms with van der Waals surface area (Å²) in [6, 6.07) is 20.0. The average molecular weight is 413 g/mol. The molecule has 0 bridgehead atoms. The van der Waals surface area contributed by atoms with Crippen LogP contribution in [0.3, 0.4) is 0 Å². The first kappa shape index (κ1) is 20.0. The lowest BCUT2D eigenvalue weighted by Crippen LogP contribution is -2.12. The van der Waals surface area contributed by atoms with E-state index in [9.17, 15) is 9.59 Å². The molecule has 8 heteroatoms. The van der Waals surface area contributed by atoms with E-state index in [4.69, 9.17) is 5.11 Å². The van der Waals surface area contributed by atoms with Gasteiger partial charge < -0.3 is 10.4 Å². The first-order valence-electron chi connectivity index (χ1n) is 9.65. The Balaban J connectivity index is 1.45. The highest BCUT2D eigenvalue weighted by Gasteiger charge is 2.11. The minimum Gasteiger partial charge on any atom is -0.478 e. The van der Waals surface area contributed by atoms with Gasteiger partial charge in [-0.2, -0.15) is 0 Å². The molecule has 31 heavy (non-hydrogen) atoms. The molecule has 0 spiro atoms. The summed E-state index contributed by atoms with van der Waals surface area (Å²) < 4.78 is 1.55. The van der Waals surface area contributed by atoms with Crippen LogP contribution in [0.5, 0.6) is 0 Å². The van der Waals surface area contributed by atoms with Crippen LogP contribution in [0, 0.1) is 0 Å². The zero-order valence-corrected chi connectivity index (χ0v) is 16.5. The number of carboxylic acid groups (broad SMARTS) is 1. The zero-order valence-electron chi connectivity index (χ0n) is 16.5. The van der Waals surface area contributed by atoms with Crippen molar-refractivity contribution in [3.63, 3.8) is 0 Å². The van der Waals surface area contributed by atoms with Gasteiger partial charge in [-0.1, -0.05) is 41.6 Å². The summed E-state index contributed by atoms with van der Waals surface area (Å²) in [5.74, 6) is -1.11. The molecule has 0 fully saturated rings. The normalized spacial score (nSPS) is 10.6. The molecular weight excluding hydrogens is 394 g/mol. The van der Waals surface area contributed by atoms with Crippen LogP contribution in [0.2, 0.25) is 0 Å². The quantitative estimate of drug-likeness (QED) is 0.479. The third-order valence-electron chi connectivity index (χ3n) is 4.64. The first-order valence-corrected chi connectivity index (χ1v) is 9.65. The lowest BCUT2D eigenvalue weighted by Gasteiger charge is -2.07. The monoisotopic (exact) mass is 413 g/mol. The van der Waals surface area contributed by atoms with Crippen molar-refractivity contribution in [1.29, 1.82) is 0 Å². The van der Waals surface area contributed by atoms with Crippen LogP contribution in [-0.4, -0.2) is 37.0 Å². The number of carboxylic acids is 1. The van der Waals surface area contributed by atoms with Crippen LogP contribution >= 0.6 is 0 Å². The topological polar surface area (TPSA) is 110 Å². The molecule has 2 heterocycles. The van der Waals surface area contributed by atoms with Gasteiger partial charge in [-0.15, -0.1) is 5.10 Å². The smallest absolute Gasteiger partial charge is 0.335 e. The van der Waals surface area contributed by atoms with E-state index in [2.05, 4.69) is 20.6 Å². The van der Waals surface area contributed by atoms with Crippen LogP contribution in [-0.2, 0) is 11.2 Å². The molecule has 0 saturated heterocycles. The molecule has 2 aromatic carbocycles. The number of nitrogens with zero attached hydrogens (tertiary/aromatic N) is 4. The summed E-state index contributed by atoms with van der Waals surface area (Å²) in [6.07, 6.45) is 4.13. The molecule has 4 aromatic rings. The molecule has 0 aliphatic rings. The minimum absolute atomic E-state index is 0.0741. The first-order chi connectivity index (χ1) is 15.1. The molecule has 2 aromatic heterocycles. The van der Waals surface area contributed by atoms with Crippen LogP contribution in [0.25, 0.3) is 17.1 Å². The average Bonchev–Trinajstić information content (AvgIpc) is 3.29. The Morgan fingerprint density at radius 3 is 2.61 bits per heavy atom. The van der Waals surface area contributed by atoms with Crippen LogP contribution in [0.15, 0.2) is 79.1 Å². The van der Waals surface area contributed by atoms with Crippen molar-refractivity contribution in [2.45, 2.75) is 12.8 Å². The van der Waals surface area contributed by atoms with Gasteiger partial charge in [0.05, 0.1) is 23.1 Å². The number of aromatic carboxylic acids is 1. The van der Waals surface area contributed by atoms with Gasteiger partial charge in [0.15, 0.2) is 0 Å². The minimum atomic E-state index is -1.04. The number of hydrogen-bond acceptors (Lipinski definition) is 5. The van der Waals surface area contributed by atoms with E-state index in [1.807, 2.05) is 42.5 Å². The lowest BCUT2D eigenvalue weighted by molar-refractivity contribution is -0.116. The number of benzene rings is 2. The molecule has 0 radical (unpaired) electrons. The van der Waals surface area contributed by atoms with E-state index in [-0.39, 0.29) is 11.5 Å². The summed E-state index contributed by atoms with van der Waals surface area (Å²) in [7, 11) is 0. The van der Waals surface area contributed by atoms with Gasteiger partial charge >= 0.3 is 5.97 Å². The van der Waals surface area contributed by atoms with Crippen molar-refractivity contribution in [3.05, 3.63) is 90.3 Å². The maximum Gasteiger partial charge on any atom is 0.335 e. The van der Waals surface area contributed by atoms with E-state index in [0.717, 1.165) is 5.56 Å². The van der Waals surface area contributed by atoms with Crippen LogP contribution in [0.4, 0.5) is 5.69 Å². The van der Waals surface area contributed by atoms with Crippen LogP contribution in [0.1, 0.15) is 22.3 Å². The Hall–Kier alpha value is -4.33. The largest absolute Gasteiger partial charge is 0.478 e. The van der Waals surface area contributed by atoms with Crippen molar-refractivity contribution in [2.24, 2.45) is 0 Å². The van der Waals surface area contributed by atoms with Gasteiger partial charge in [-0.05, 0) is 42.3 Å². The summed E-state index contributed by atoms with van der Waals surface area (Å²) >= 11 is 0. The molecule has 0 unspecified atom stereocenters. The number of aryl methyl sites for hydroxylation is 1. The predicted molar refractivity (Wildman–Crippen MR) is 115 cm³/mol. The Morgan fingerprint density at radius 2 is 1.81 bits per heavy atom. The second-order valence-electron chi connectivity index (χ2n) is 6.87. The number of carbonyl (C=O) groups excluding carboxylic acids is 1. The van der Waals surface area contributed by atoms with Crippen molar-refractivity contribution in [1.82, 2.24) is 20.0 Å². The number of anilines is 1. The number of aromatic nitrogens is 4. The van der Waals surface area contributed by atoms with Crippen LogP contribution < -0.4 is 5.32 Å². The van der Waals surface area contributed by atoms with Gasteiger partial charge in [-0.3, -0.25) is 9.78 Å². The molecular formula is C23H19N5O3. The van der Waals surface area contributed by atoms with Crippen molar-refractivity contribution >= 4 is 17.6 Å². The molecule has 0 saturated carbocycles. The molecule has 4 rings (SSSR count). The zero-order chi connectivity index (χ0) is 21.6. The van der Waals surface area contributed by atoms with Gasteiger partial charge in [0.2, 0.25) is 5.91 Å². The molecule has 0 aliphatic heterocycles. The van der Waals surface area contributed by atoms with Crippen molar-refractivity contribution < 1.29 is 14.7 Å². The lowest BCUT2D eigenvalue weighted by atomic mass is 10.1. The Morgan fingerprint density at radius 1 is 0.968 bits per heavy atom. The van der Waals surface area contributed by atoms with Crippen molar-refractivity contribution in [3.8, 4) is 17.1 Å². The molecule has 8 nitrogen and oxygen atoms in total. The summed E-state index contributed by atoms with van der Waals surface area (Å²) in [5, 5.41) is 20.2. The fourth-order valence-electron chi connectivity index (χ4n) is 3.06. The predicted octanol–water partition coefficient (Wildman–Crippen LogP) is 3.60. The standard InChI is InChI=1S/C23H19N5O3/c29-22(10-9-16-5-2-1-3-6-16)25-18-7-4-8-19(14-18)28-15-21(26-27-28)20-13-17(23(30)31)11-12-24-20/h1-8,11-15H,9-10H2,(H,25,29)(H,30,31). The highest BCUT2D eigenvalue weighted by atomic mass is 16.4. The molecule has 1 amide bonds. The maximum absolute atomic E-state index is 12.3. The molecule has 154 valence electrons. The van der Waals surface area contributed by atoms with E-state index >= 15 is 0 Å². The highest BCUT2D eigenvalue weighted by Crippen LogP contribution is 2.19. The SMILES string of the molecule is O=C(CCc1ccccc1)Nc1cccc(-n2cc(-c3cc(C(=O)O)ccn3)nn2)c1. The van der Waals surface area contributed by atoms with Gasteiger partial charge in [0, 0.05) is 18.3 Å². The summed E-state index contributed by atoms with van der Waals surface area (Å²) in [4.78, 5) is 27.6. The van der Waals surface area contributed by atoms with E-state index in [1.165, 1.54) is 18.3 Å². The Kier molecular flexibility index (Phi) is 5.79. The van der Waals surface area contributed by atoms with Gasteiger partial charge in [-0.25, -0.2) is 9.48 Å². The maximum atomic E-state index is 12.3. The fraction of sp³-hybridized carbons (Fsp3) is 0.0870. The third-order valence-corrected chi connectivity index (χ3v) is 4.64. The number of pyridine rings is 1. The number of hydrogen-bond donors (Lipinski definition) is 2. The van der Waals surface area contributed by atoms with E-state index in [1.54, 1.807) is 23.0 Å². The van der Waals surface area contributed by atoms with Crippen molar-refractivity contribution in [2.75, 3.05) is 5.32 Å². The third kappa shape index (κ3) is 4.99. The molecule has 2 N–H and O–H groups in total. The molecule has 0 aliphatic carbocycles. The summed E-state index contributed by atoms with van der Waals surface area (Å²) in [6.45, 7) is 0. The van der Waals surface area contributed by atoms with Gasteiger partial charge in [0.25, 0.3) is 0 Å². The van der Waals surface area contributed by atoms with E-state index < -0.39 is 5.97 Å². The fourth-order valence-corrected chi connectivity index (χ4v) is 3.06. The number of amides is 1. The second kappa shape index (κ2) is 9.00. The summed E-state index contributed by atoms with van der Waals surface area (Å²) in [5.41, 5.74) is 3.45. The van der Waals surface area contributed by atoms with E-state index in [0.29, 0.717) is 35.6 Å². The highest BCUT2D eigenvalue weighted by molar-refractivity contribution is 5.91. The number of carbonyl (C=O) groups is 2. The number of rotatable bonds is 7. The second-order valence-corrected chi connectivity index (χ2v) is 6.87. The Bertz CT molecular complexity index is 1220.